The highest BCUT2D eigenvalue weighted by atomic mass is 16.5. The topological polar surface area (TPSA) is 44.1 Å². The monoisotopic (exact) mass is 284 g/mol. The molecule has 4 nitrogen and oxygen atoms in total. The van der Waals surface area contributed by atoms with Crippen LogP contribution in [-0.2, 0) is 16.1 Å². The fourth-order valence-corrected chi connectivity index (χ4v) is 2.19. The molecule has 0 unspecified atom stereocenters. The molecule has 0 fully saturated rings. The number of nitrogens with zero attached hydrogens (tertiary/aromatic N) is 2. The highest BCUT2D eigenvalue weighted by Crippen LogP contribution is 2.16. The number of rotatable bonds is 4. The van der Waals surface area contributed by atoms with Crippen LogP contribution in [0.2, 0.25) is 0 Å². The van der Waals surface area contributed by atoms with Crippen LogP contribution in [0.1, 0.15) is 28.1 Å². The maximum absolute atomic E-state index is 11.2. The highest BCUT2D eigenvalue weighted by Gasteiger charge is 2.09. The third-order valence-corrected chi connectivity index (χ3v) is 3.48. The van der Waals surface area contributed by atoms with E-state index in [9.17, 15) is 4.79 Å². The number of benzene rings is 1. The lowest BCUT2D eigenvalue weighted by molar-refractivity contribution is -0.134. The average molecular weight is 284 g/mol. The summed E-state index contributed by atoms with van der Waals surface area (Å²) >= 11 is 0. The molecule has 1 aromatic heterocycles. The predicted molar refractivity (Wildman–Crippen MR) is 83.0 cm³/mol. The minimum atomic E-state index is -0.361. The summed E-state index contributed by atoms with van der Waals surface area (Å²) in [6.07, 6.45) is 3.18. The summed E-state index contributed by atoms with van der Waals surface area (Å²) in [6.45, 7) is 6.74. The minimum absolute atomic E-state index is 0.361. The van der Waals surface area contributed by atoms with Gasteiger partial charge in [0.05, 0.1) is 19.3 Å². The second-order valence-electron chi connectivity index (χ2n) is 5.08. The van der Waals surface area contributed by atoms with Gasteiger partial charge in [-0.25, -0.2) is 4.79 Å². The molecule has 0 spiro atoms. The lowest BCUT2D eigenvalue weighted by atomic mass is 10.1. The summed E-state index contributed by atoms with van der Waals surface area (Å²) in [4.78, 5) is 11.2. The number of esters is 1. The van der Waals surface area contributed by atoms with Gasteiger partial charge in [0, 0.05) is 17.3 Å². The standard InChI is InChI=1S/C17H20N2O2/c1-12-5-7-15(8-6-12)11-19-14(3)16(13(2)18-19)9-10-17(20)21-4/h5-10H,11H2,1-4H3/b10-9+. The van der Waals surface area contributed by atoms with Crippen LogP contribution in [0, 0.1) is 20.8 Å². The first-order valence-electron chi connectivity index (χ1n) is 6.87. The van der Waals surface area contributed by atoms with Crippen LogP contribution in [-0.4, -0.2) is 22.9 Å². The fourth-order valence-electron chi connectivity index (χ4n) is 2.19. The molecule has 110 valence electrons. The molecule has 1 heterocycles. The molecule has 2 aromatic rings. The summed E-state index contributed by atoms with van der Waals surface area (Å²) in [6, 6.07) is 8.41. The van der Waals surface area contributed by atoms with E-state index >= 15 is 0 Å². The van der Waals surface area contributed by atoms with Gasteiger partial charge in [-0.3, -0.25) is 4.68 Å². The van der Waals surface area contributed by atoms with Crippen molar-refractivity contribution in [3.63, 3.8) is 0 Å². The van der Waals surface area contributed by atoms with Crippen molar-refractivity contribution in [3.05, 3.63) is 58.4 Å². The molecular formula is C17H20N2O2. The third-order valence-electron chi connectivity index (χ3n) is 3.48. The lowest BCUT2D eigenvalue weighted by Gasteiger charge is -2.05. The SMILES string of the molecule is COC(=O)/C=C/c1c(C)nn(Cc2ccc(C)cc2)c1C. The Bertz CT molecular complexity index is 667. The van der Waals surface area contributed by atoms with Crippen LogP contribution in [0.4, 0.5) is 0 Å². The van der Waals surface area contributed by atoms with Gasteiger partial charge in [-0.1, -0.05) is 29.8 Å². The second-order valence-corrected chi connectivity index (χ2v) is 5.08. The number of hydrogen-bond acceptors (Lipinski definition) is 3. The summed E-state index contributed by atoms with van der Waals surface area (Å²) in [7, 11) is 1.37. The first-order valence-corrected chi connectivity index (χ1v) is 6.87. The van der Waals surface area contributed by atoms with Crippen molar-refractivity contribution in [1.82, 2.24) is 9.78 Å². The Labute approximate surface area is 125 Å². The van der Waals surface area contributed by atoms with E-state index in [1.165, 1.54) is 24.3 Å². The number of carbonyl (C=O) groups excluding carboxylic acids is 1. The van der Waals surface area contributed by atoms with Crippen LogP contribution in [0.15, 0.2) is 30.3 Å². The van der Waals surface area contributed by atoms with E-state index in [1.54, 1.807) is 6.08 Å². The van der Waals surface area contributed by atoms with Crippen LogP contribution in [0.25, 0.3) is 6.08 Å². The summed E-state index contributed by atoms with van der Waals surface area (Å²) in [5, 5.41) is 4.54. The fraction of sp³-hybridized carbons (Fsp3) is 0.294. The second kappa shape index (κ2) is 6.39. The van der Waals surface area contributed by atoms with E-state index in [0.29, 0.717) is 0 Å². The van der Waals surface area contributed by atoms with Crippen LogP contribution >= 0.6 is 0 Å². The van der Waals surface area contributed by atoms with Gasteiger partial charge >= 0.3 is 5.97 Å². The molecule has 1 aromatic carbocycles. The third kappa shape index (κ3) is 3.60. The van der Waals surface area contributed by atoms with E-state index in [2.05, 4.69) is 41.0 Å². The number of aromatic nitrogens is 2. The molecule has 0 bridgehead atoms. The maximum atomic E-state index is 11.2. The predicted octanol–water partition coefficient (Wildman–Crippen LogP) is 3.04. The summed E-state index contributed by atoms with van der Waals surface area (Å²) < 4.78 is 6.57. The maximum Gasteiger partial charge on any atom is 0.330 e. The summed E-state index contributed by atoms with van der Waals surface area (Å²) in [5.74, 6) is -0.361. The Morgan fingerprint density at radius 2 is 1.90 bits per heavy atom. The van der Waals surface area contributed by atoms with Gasteiger partial charge in [0.25, 0.3) is 0 Å². The van der Waals surface area contributed by atoms with Crippen LogP contribution < -0.4 is 0 Å². The molecule has 2 rings (SSSR count). The Kier molecular flexibility index (Phi) is 4.58. The zero-order valence-electron chi connectivity index (χ0n) is 12.9. The van der Waals surface area contributed by atoms with Gasteiger partial charge in [-0.2, -0.15) is 5.10 Å². The molecule has 0 aliphatic carbocycles. The number of carbonyl (C=O) groups is 1. The van der Waals surface area contributed by atoms with Crippen molar-refractivity contribution in [3.8, 4) is 0 Å². The van der Waals surface area contributed by atoms with Crippen molar-refractivity contribution in [2.45, 2.75) is 27.3 Å². The highest BCUT2D eigenvalue weighted by molar-refractivity contribution is 5.87. The first kappa shape index (κ1) is 15.0. The smallest absolute Gasteiger partial charge is 0.330 e. The van der Waals surface area contributed by atoms with Gasteiger partial charge in [0.2, 0.25) is 0 Å². The van der Waals surface area contributed by atoms with E-state index in [0.717, 1.165) is 23.5 Å². The molecule has 0 atom stereocenters. The number of aryl methyl sites for hydroxylation is 2. The van der Waals surface area contributed by atoms with E-state index in [1.807, 2.05) is 18.5 Å². The molecule has 0 amide bonds. The molecule has 4 heteroatoms. The molecule has 0 aliphatic rings. The average Bonchev–Trinajstić information content (AvgIpc) is 2.73. The zero-order valence-corrected chi connectivity index (χ0v) is 12.9. The first-order chi connectivity index (χ1) is 10.0. The Morgan fingerprint density at radius 3 is 2.52 bits per heavy atom. The number of hydrogen-bond donors (Lipinski definition) is 0. The van der Waals surface area contributed by atoms with Crippen LogP contribution in [0.5, 0.6) is 0 Å². The molecular weight excluding hydrogens is 264 g/mol. The van der Waals surface area contributed by atoms with E-state index in [-0.39, 0.29) is 5.97 Å². The van der Waals surface area contributed by atoms with Crippen molar-refractivity contribution in [2.24, 2.45) is 0 Å². The van der Waals surface area contributed by atoms with E-state index in [4.69, 9.17) is 0 Å². The molecule has 0 aliphatic heterocycles. The lowest BCUT2D eigenvalue weighted by Crippen LogP contribution is -2.04. The largest absolute Gasteiger partial charge is 0.466 e. The van der Waals surface area contributed by atoms with Crippen molar-refractivity contribution in [2.75, 3.05) is 7.11 Å². The Morgan fingerprint density at radius 1 is 1.24 bits per heavy atom. The zero-order chi connectivity index (χ0) is 15.4. The van der Waals surface area contributed by atoms with Crippen LogP contribution in [0.3, 0.4) is 0 Å². The Hall–Kier alpha value is -2.36. The van der Waals surface area contributed by atoms with Crippen molar-refractivity contribution < 1.29 is 9.53 Å². The van der Waals surface area contributed by atoms with Gasteiger partial charge in [-0.05, 0) is 32.4 Å². The number of ether oxygens (including phenoxy) is 1. The molecule has 0 radical (unpaired) electrons. The summed E-state index contributed by atoms with van der Waals surface area (Å²) in [5.41, 5.74) is 5.35. The van der Waals surface area contributed by atoms with Gasteiger partial charge < -0.3 is 4.74 Å². The molecule has 0 saturated carbocycles. The van der Waals surface area contributed by atoms with E-state index < -0.39 is 0 Å². The molecule has 0 saturated heterocycles. The van der Waals surface area contributed by atoms with Crippen molar-refractivity contribution in [1.29, 1.82) is 0 Å². The van der Waals surface area contributed by atoms with Gasteiger partial charge in [-0.15, -0.1) is 0 Å². The quantitative estimate of drug-likeness (QED) is 0.640. The number of methoxy groups -OCH3 is 1. The van der Waals surface area contributed by atoms with Gasteiger partial charge in [0.1, 0.15) is 0 Å². The molecule has 0 N–H and O–H groups in total. The molecule has 21 heavy (non-hydrogen) atoms. The Balaban J connectivity index is 2.24. The minimum Gasteiger partial charge on any atom is -0.466 e. The normalized spacial score (nSPS) is 11.0. The van der Waals surface area contributed by atoms with Gasteiger partial charge in [0.15, 0.2) is 0 Å². The van der Waals surface area contributed by atoms with Crippen molar-refractivity contribution >= 4 is 12.0 Å².